The number of hydrogen-bond donors (Lipinski definition) is 0. The molecule has 0 spiro atoms. The Morgan fingerprint density at radius 1 is 0.444 bits per heavy atom. The molecule has 45 heavy (non-hydrogen) atoms. The van der Waals surface area contributed by atoms with Crippen LogP contribution in [-0.2, 0) is 0 Å². The molecule has 1 aliphatic heterocycles. The zero-order valence-corrected chi connectivity index (χ0v) is 26.2. The number of nitrogens with zero attached hydrogens (tertiary/aromatic N) is 1. The summed E-state index contributed by atoms with van der Waals surface area (Å²) >= 11 is -0.277. The quantitative estimate of drug-likeness (QED) is 0.159. The predicted molar refractivity (Wildman–Crippen MR) is 184 cm³/mol. The second kappa shape index (κ2) is 8.74. The molecule has 0 atom stereocenters. The number of rotatable bonds is 1. The van der Waals surface area contributed by atoms with Gasteiger partial charge in [-0.25, -0.2) is 0 Å². The van der Waals surface area contributed by atoms with E-state index in [1.807, 2.05) is 6.07 Å². The Morgan fingerprint density at radius 2 is 1.13 bits per heavy atom. The first-order valence-corrected chi connectivity index (χ1v) is 17.5. The van der Waals surface area contributed by atoms with Crippen molar-refractivity contribution in [3.05, 3.63) is 147 Å². The normalized spacial score (nSPS) is 13.0. The summed E-state index contributed by atoms with van der Waals surface area (Å²) in [5.74, 6) is 0. The second-order valence-electron chi connectivity index (χ2n) is 12.0. The molecule has 2 nitrogen and oxygen atoms in total. The Hall–Kier alpha value is -5.13. The van der Waals surface area contributed by atoms with Crippen LogP contribution in [0.3, 0.4) is 0 Å². The van der Waals surface area contributed by atoms with Crippen LogP contribution < -0.4 is 21.2 Å². The van der Waals surface area contributed by atoms with Crippen LogP contribution >= 0.6 is 0 Å². The summed E-state index contributed by atoms with van der Waals surface area (Å²) in [6.07, 6.45) is 0. The minimum absolute atomic E-state index is 0.277. The van der Waals surface area contributed by atoms with Gasteiger partial charge in [0, 0.05) is 0 Å². The molecule has 0 radical (unpaired) electrons. The summed E-state index contributed by atoms with van der Waals surface area (Å²) in [5, 5.41) is 12.9. The summed E-state index contributed by atoms with van der Waals surface area (Å²) in [7, 11) is 0. The van der Waals surface area contributed by atoms with Gasteiger partial charge >= 0.3 is 257 Å². The van der Waals surface area contributed by atoms with Crippen LogP contribution in [-0.4, -0.2) is 4.40 Å². The Kier molecular flexibility index (Phi) is 4.70. The van der Waals surface area contributed by atoms with Crippen molar-refractivity contribution in [2.75, 3.05) is 0 Å². The molecule has 0 unspecified atom stereocenters. The number of halogens is 1. The summed E-state index contributed by atoms with van der Waals surface area (Å²) < 4.78 is 12.1. The maximum atomic E-state index is 6.48. The number of benzene rings is 7. The summed E-state index contributed by atoms with van der Waals surface area (Å²) in [6, 6.07) is 51.5. The molecule has 10 aromatic rings. The van der Waals surface area contributed by atoms with E-state index in [0.29, 0.717) is 0 Å². The number of furan rings is 1. The minimum atomic E-state index is -0.277. The third-order valence-corrected chi connectivity index (χ3v) is 12.7. The number of fused-ring (bicyclic) bond motifs is 11. The van der Waals surface area contributed by atoms with Crippen LogP contribution in [0.2, 0.25) is 0 Å². The van der Waals surface area contributed by atoms with Gasteiger partial charge in [-0.3, -0.25) is 0 Å². The van der Waals surface area contributed by atoms with E-state index in [-0.39, 0.29) is 21.2 Å². The van der Waals surface area contributed by atoms with E-state index in [9.17, 15) is 0 Å². The molecule has 0 aliphatic carbocycles. The van der Waals surface area contributed by atoms with E-state index in [2.05, 4.69) is 138 Å². The van der Waals surface area contributed by atoms with Crippen molar-refractivity contribution in [1.82, 2.24) is 4.40 Å². The van der Waals surface area contributed by atoms with Crippen molar-refractivity contribution >= 4 is 81.6 Å². The van der Waals surface area contributed by atoms with E-state index in [1.54, 1.807) is 0 Å². The monoisotopic (exact) mass is 684 g/mol. The zero-order valence-electron chi connectivity index (χ0n) is 24.0. The Labute approximate surface area is 268 Å². The van der Waals surface area contributed by atoms with Crippen LogP contribution in [0.4, 0.5) is 0 Å². The van der Waals surface area contributed by atoms with Crippen molar-refractivity contribution in [3.8, 4) is 11.1 Å². The standard InChI is InChI=1S/C42H23INO/c1-2-10-27-26(9-1)28-11-3-5-17-36(28)44-37-22-19-24(25-13-7-15-32-29-12-4-6-18-38(29)45-42(25)32)23-33(37)31-20-21-35-40(41(31)44)39-30(27)14-8-16-34(39)43-35/h1-23H/q-1. The van der Waals surface area contributed by atoms with Crippen molar-refractivity contribution < 1.29 is 25.6 Å². The Balaban J connectivity index is 1.38. The molecular weight excluding hydrogens is 661 g/mol. The molecule has 3 aromatic heterocycles. The molecule has 0 fully saturated rings. The number of para-hydroxylation sites is 3. The maximum absolute atomic E-state index is 6.48. The molecule has 11 rings (SSSR count). The summed E-state index contributed by atoms with van der Waals surface area (Å²) in [5.41, 5.74) is 7.96. The fourth-order valence-electron chi connectivity index (χ4n) is 7.83. The first-order chi connectivity index (χ1) is 22.3. The first kappa shape index (κ1) is 24.2. The molecule has 0 bridgehead atoms. The van der Waals surface area contributed by atoms with E-state index in [0.717, 1.165) is 27.5 Å². The molecular formula is C42H23INO-. The van der Waals surface area contributed by atoms with E-state index >= 15 is 0 Å². The Bertz CT molecular complexity index is 2960. The van der Waals surface area contributed by atoms with Crippen LogP contribution in [0.1, 0.15) is 0 Å². The zero-order chi connectivity index (χ0) is 29.2. The Morgan fingerprint density at radius 3 is 2.04 bits per heavy atom. The van der Waals surface area contributed by atoms with Crippen molar-refractivity contribution in [1.29, 1.82) is 0 Å². The van der Waals surface area contributed by atoms with Gasteiger partial charge in [-0.2, -0.15) is 0 Å². The van der Waals surface area contributed by atoms with Crippen molar-refractivity contribution in [3.63, 3.8) is 0 Å². The molecule has 0 amide bonds. The van der Waals surface area contributed by atoms with Gasteiger partial charge < -0.3 is 0 Å². The summed E-state index contributed by atoms with van der Waals surface area (Å²) in [4.78, 5) is 0. The second-order valence-corrected chi connectivity index (χ2v) is 14.8. The van der Waals surface area contributed by atoms with E-state index in [4.69, 9.17) is 4.42 Å². The van der Waals surface area contributed by atoms with Gasteiger partial charge in [-0.05, 0) is 0 Å². The summed E-state index contributed by atoms with van der Waals surface area (Å²) in [6.45, 7) is 0. The molecule has 4 heterocycles. The van der Waals surface area contributed by atoms with Crippen LogP contribution in [0.15, 0.2) is 144 Å². The number of hydrogen-bond acceptors (Lipinski definition) is 1. The van der Waals surface area contributed by atoms with Gasteiger partial charge in [0.15, 0.2) is 0 Å². The SMILES string of the molecule is c1ccc2c(c1)oc1c(-c3ccc4c(c3)c3ccc5c6c7c(cccc7c7ccccc7c7ccccc7n4c36)[I-]5)cccc12. The van der Waals surface area contributed by atoms with Gasteiger partial charge in [0.2, 0.25) is 0 Å². The average Bonchev–Trinajstić information content (AvgIpc) is 3.77. The van der Waals surface area contributed by atoms with E-state index < -0.39 is 0 Å². The van der Waals surface area contributed by atoms with Gasteiger partial charge in [-0.15, -0.1) is 0 Å². The third-order valence-electron chi connectivity index (χ3n) is 9.71. The molecule has 0 saturated carbocycles. The fraction of sp³-hybridized carbons (Fsp3) is 0. The number of aromatic nitrogens is 1. The topological polar surface area (TPSA) is 17.6 Å². The first-order valence-electron chi connectivity index (χ1n) is 15.3. The molecule has 1 aliphatic rings. The fourth-order valence-corrected chi connectivity index (χ4v) is 10.8. The predicted octanol–water partition coefficient (Wildman–Crippen LogP) is 8.28. The van der Waals surface area contributed by atoms with Gasteiger partial charge in [0.05, 0.1) is 0 Å². The molecule has 0 saturated heterocycles. The van der Waals surface area contributed by atoms with E-state index in [1.165, 1.54) is 72.3 Å². The molecule has 0 N–H and O–H groups in total. The van der Waals surface area contributed by atoms with Crippen LogP contribution in [0.25, 0.3) is 92.7 Å². The van der Waals surface area contributed by atoms with Crippen molar-refractivity contribution in [2.24, 2.45) is 0 Å². The van der Waals surface area contributed by atoms with Crippen molar-refractivity contribution in [2.45, 2.75) is 0 Å². The van der Waals surface area contributed by atoms with Crippen LogP contribution in [0, 0.1) is 7.14 Å². The third kappa shape index (κ3) is 3.13. The molecule has 210 valence electrons. The molecule has 3 heteroatoms. The average molecular weight is 685 g/mol. The van der Waals surface area contributed by atoms with Gasteiger partial charge in [0.25, 0.3) is 0 Å². The van der Waals surface area contributed by atoms with Gasteiger partial charge in [0.1, 0.15) is 0 Å². The van der Waals surface area contributed by atoms with Gasteiger partial charge in [-0.1, -0.05) is 12.1 Å². The molecule has 7 aromatic carbocycles. The van der Waals surface area contributed by atoms with Crippen LogP contribution in [0.5, 0.6) is 0 Å².